The Morgan fingerprint density at radius 1 is 1.08 bits per heavy atom. The third-order valence-corrected chi connectivity index (χ3v) is 7.71. The Kier molecular flexibility index (Phi) is 7.81. The van der Waals surface area contributed by atoms with Crippen LogP contribution < -0.4 is 15.6 Å². The van der Waals surface area contributed by atoms with Crippen molar-refractivity contribution in [1.29, 1.82) is 0 Å². The maximum atomic E-state index is 14.0. The number of benzene rings is 2. The maximum absolute atomic E-state index is 14.0. The van der Waals surface area contributed by atoms with Gasteiger partial charge in [0, 0.05) is 37.1 Å². The smallest absolute Gasteiger partial charge is 0.271 e. The lowest BCUT2D eigenvalue weighted by Gasteiger charge is -2.35. The maximum Gasteiger partial charge on any atom is 0.271 e. The van der Waals surface area contributed by atoms with E-state index in [4.69, 9.17) is 4.74 Å². The van der Waals surface area contributed by atoms with E-state index in [0.29, 0.717) is 29.7 Å². The fourth-order valence-electron chi connectivity index (χ4n) is 5.80. The number of hydrogen-bond donors (Lipinski definition) is 2. The molecule has 4 aromatic rings. The lowest BCUT2D eigenvalue weighted by atomic mass is 10.0. The van der Waals surface area contributed by atoms with E-state index in [2.05, 4.69) is 10.2 Å². The molecule has 1 unspecified atom stereocenters. The molecule has 0 bridgehead atoms. The van der Waals surface area contributed by atoms with Crippen LogP contribution >= 0.6 is 0 Å². The van der Waals surface area contributed by atoms with Crippen molar-refractivity contribution in [1.82, 2.24) is 19.4 Å². The number of amides is 1. The number of carbonyl (C=O) groups is 2. The third kappa shape index (κ3) is 4.95. The normalized spacial score (nSPS) is 16.0. The SMILES string of the molecule is COc1c(C(=O)NCC2CCCCN2CCO)n(C)c2c1c(=O)n(CC(=O)c1ccccc1)c1ccccc21. The molecular weight excluding hydrogens is 496 g/mol. The van der Waals surface area contributed by atoms with Crippen molar-refractivity contribution >= 4 is 33.5 Å². The number of piperidine rings is 1. The molecule has 3 heterocycles. The van der Waals surface area contributed by atoms with Gasteiger partial charge in [0.15, 0.2) is 17.2 Å². The van der Waals surface area contributed by atoms with Crippen LogP contribution in [-0.4, -0.2) is 70.2 Å². The molecule has 9 nitrogen and oxygen atoms in total. The highest BCUT2D eigenvalue weighted by atomic mass is 16.5. The van der Waals surface area contributed by atoms with Gasteiger partial charge in [0.1, 0.15) is 5.39 Å². The van der Waals surface area contributed by atoms with Gasteiger partial charge < -0.3 is 19.7 Å². The van der Waals surface area contributed by atoms with Crippen LogP contribution in [-0.2, 0) is 13.6 Å². The number of likely N-dealkylation sites (tertiary alicyclic amines) is 1. The van der Waals surface area contributed by atoms with Crippen LogP contribution in [0.2, 0.25) is 0 Å². The Balaban J connectivity index is 1.57. The summed E-state index contributed by atoms with van der Waals surface area (Å²) in [5, 5.41) is 13.5. The van der Waals surface area contributed by atoms with Gasteiger partial charge in [-0.05, 0) is 25.5 Å². The zero-order chi connectivity index (χ0) is 27.5. The van der Waals surface area contributed by atoms with E-state index in [1.165, 1.54) is 11.7 Å². The first-order valence-corrected chi connectivity index (χ1v) is 13.4. The monoisotopic (exact) mass is 530 g/mol. The summed E-state index contributed by atoms with van der Waals surface area (Å²) in [6.07, 6.45) is 3.10. The molecule has 204 valence electrons. The van der Waals surface area contributed by atoms with Crippen molar-refractivity contribution < 1.29 is 19.4 Å². The first-order chi connectivity index (χ1) is 19.0. The highest BCUT2D eigenvalue weighted by Gasteiger charge is 2.29. The number of ketones is 1. The van der Waals surface area contributed by atoms with Crippen LogP contribution in [0.4, 0.5) is 0 Å². The minimum absolute atomic E-state index is 0.0770. The Hall–Kier alpha value is -3.95. The number of carbonyl (C=O) groups excluding carboxylic acids is 2. The van der Waals surface area contributed by atoms with Crippen molar-refractivity contribution in [3.63, 3.8) is 0 Å². The lowest BCUT2D eigenvalue weighted by molar-refractivity contribution is 0.0879. The molecule has 2 aromatic heterocycles. The van der Waals surface area contributed by atoms with E-state index in [1.807, 2.05) is 30.3 Å². The van der Waals surface area contributed by atoms with Crippen molar-refractivity contribution in [2.45, 2.75) is 31.8 Å². The molecule has 1 saturated heterocycles. The van der Waals surface area contributed by atoms with Gasteiger partial charge in [-0.2, -0.15) is 0 Å². The number of aromatic nitrogens is 2. The number of Topliss-reactive ketones (excluding diaryl/α,β-unsaturated/α-hetero) is 1. The molecule has 2 N–H and O–H groups in total. The molecule has 1 aliphatic rings. The zero-order valence-electron chi connectivity index (χ0n) is 22.4. The Labute approximate surface area is 226 Å². The summed E-state index contributed by atoms with van der Waals surface area (Å²) in [7, 11) is 3.20. The van der Waals surface area contributed by atoms with Gasteiger partial charge in [-0.15, -0.1) is 0 Å². The number of fused-ring (bicyclic) bond motifs is 3. The molecule has 39 heavy (non-hydrogen) atoms. The number of para-hydroxylation sites is 1. The number of nitrogens with one attached hydrogen (secondary N) is 1. The first-order valence-electron chi connectivity index (χ1n) is 13.4. The van der Waals surface area contributed by atoms with Gasteiger partial charge in [0.05, 0.1) is 31.3 Å². The topological polar surface area (TPSA) is 106 Å². The number of methoxy groups -OCH3 is 1. The fraction of sp³-hybridized carbons (Fsp3) is 0.367. The van der Waals surface area contributed by atoms with Crippen LogP contribution in [0.1, 0.15) is 40.1 Å². The number of hydrogen-bond acceptors (Lipinski definition) is 6. The van der Waals surface area contributed by atoms with Crippen molar-refractivity contribution in [3.8, 4) is 5.75 Å². The third-order valence-electron chi connectivity index (χ3n) is 7.71. The number of rotatable bonds is 9. The molecular formula is C30H34N4O5. The number of aliphatic hydroxyl groups excluding tert-OH is 1. The molecule has 2 aromatic carbocycles. The molecule has 1 aliphatic heterocycles. The number of β-amino-alcohol motifs (C(OH)–C–C–N with tert-alkyl or cyclic N) is 1. The van der Waals surface area contributed by atoms with E-state index in [0.717, 1.165) is 31.2 Å². The predicted octanol–water partition coefficient (Wildman–Crippen LogP) is 2.96. The summed E-state index contributed by atoms with van der Waals surface area (Å²) in [6, 6.07) is 16.4. The van der Waals surface area contributed by atoms with Gasteiger partial charge >= 0.3 is 0 Å². The highest BCUT2D eigenvalue weighted by molar-refractivity contribution is 6.12. The Morgan fingerprint density at radius 3 is 2.56 bits per heavy atom. The van der Waals surface area contributed by atoms with Crippen molar-refractivity contribution in [2.75, 3.05) is 33.4 Å². The summed E-state index contributed by atoms with van der Waals surface area (Å²) in [4.78, 5) is 42.8. The van der Waals surface area contributed by atoms with Crippen LogP contribution in [0.15, 0.2) is 59.4 Å². The van der Waals surface area contributed by atoms with Gasteiger partial charge in [-0.1, -0.05) is 55.0 Å². The fourth-order valence-corrected chi connectivity index (χ4v) is 5.80. The number of aryl methyl sites for hydroxylation is 1. The molecule has 0 radical (unpaired) electrons. The van der Waals surface area contributed by atoms with Crippen LogP contribution in [0.3, 0.4) is 0 Å². The zero-order valence-corrected chi connectivity index (χ0v) is 22.4. The molecule has 9 heteroatoms. The molecule has 1 amide bonds. The summed E-state index contributed by atoms with van der Waals surface area (Å²) in [5.74, 6) is -0.331. The van der Waals surface area contributed by atoms with Gasteiger partial charge in [-0.25, -0.2) is 0 Å². The van der Waals surface area contributed by atoms with Gasteiger partial charge in [0.25, 0.3) is 11.5 Å². The predicted molar refractivity (Wildman–Crippen MR) is 151 cm³/mol. The summed E-state index contributed by atoms with van der Waals surface area (Å²) < 4.78 is 8.88. The molecule has 5 rings (SSSR count). The highest BCUT2D eigenvalue weighted by Crippen LogP contribution is 2.34. The van der Waals surface area contributed by atoms with Crippen molar-refractivity contribution in [3.05, 3.63) is 76.2 Å². The molecule has 0 spiro atoms. The van der Waals surface area contributed by atoms with Gasteiger partial charge in [-0.3, -0.25) is 23.9 Å². The van der Waals surface area contributed by atoms with Gasteiger partial charge in [0.2, 0.25) is 0 Å². The second-order valence-electron chi connectivity index (χ2n) is 9.98. The van der Waals surface area contributed by atoms with Crippen molar-refractivity contribution in [2.24, 2.45) is 7.05 Å². The van der Waals surface area contributed by atoms with E-state index in [1.54, 1.807) is 35.9 Å². The quantitative estimate of drug-likeness (QED) is 0.323. The number of nitrogens with zero attached hydrogens (tertiary/aromatic N) is 3. The van der Waals surface area contributed by atoms with E-state index in [-0.39, 0.29) is 53.3 Å². The molecule has 0 aliphatic carbocycles. The standard InChI is InChI=1S/C30H34N4O5/c1-32-26-22-13-6-7-14-23(22)34(19-24(36)20-10-4-3-5-11-20)30(38)25(26)28(39-2)27(32)29(37)31-18-21-12-8-9-15-33(21)16-17-35/h3-7,10-11,13-14,21,35H,8-9,12,15-19H2,1-2H3,(H,31,37). The average Bonchev–Trinajstić information content (AvgIpc) is 3.27. The van der Waals surface area contributed by atoms with E-state index < -0.39 is 0 Å². The minimum atomic E-state index is -0.388. The second-order valence-corrected chi connectivity index (χ2v) is 9.98. The number of pyridine rings is 1. The second kappa shape index (κ2) is 11.4. The van der Waals surface area contributed by atoms with Crippen LogP contribution in [0.25, 0.3) is 21.8 Å². The average molecular weight is 531 g/mol. The Morgan fingerprint density at radius 2 is 1.82 bits per heavy atom. The number of ether oxygens (including phenoxy) is 1. The summed E-state index contributed by atoms with van der Waals surface area (Å²) >= 11 is 0. The Bertz CT molecular complexity index is 1570. The van der Waals surface area contributed by atoms with E-state index in [9.17, 15) is 19.5 Å². The van der Waals surface area contributed by atoms with Crippen LogP contribution in [0, 0.1) is 0 Å². The van der Waals surface area contributed by atoms with Crippen LogP contribution in [0.5, 0.6) is 5.75 Å². The summed E-state index contributed by atoms with van der Waals surface area (Å²) in [5.41, 5.74) is 1.58. The molecule has 1 fully saturated rings. The summed E-state index contributed by atoms with van der Waals surface area (Å²) in [6.45, 7) is 1.84. The first kappa shape index (κ1) is 26.6. The largest absolute Gasteiger partial charge is 0.493 e. The minimum Gasteiger partial charge on any atom is -0.493 e. The number of aliphatic hydroxyl groups is 1. The molecule has 1 atom stereocenters. The lowest BCUT2D eigenvalue weighted by Crippen LogP contribution is -2.47. The van der Waals surface area contributed by atoms with E-state index >= 15 is 0 Å². The molecule has 0 saturated carbocycles.